The highest BCUT2D eigenvalue weighted by atomic mass is 32.2. The predicted octanol–water partition coefficient (Wildman–Crippen LogP) is 1.77. The lowest BCUT2D eigenvalue weighted by molar-refractivity contribution is 0.198. The van der Waals surface area contributed by atoms with Crippen molar-refractivity contribution < 1.29 is 0 Å². The largest absolute Gasteiger partial charge is 0.388 e. The van der Waals surface area contributed by atoms with E-state index in [1.165, 1.54) is 0 Å². The first-order chi connectivity index (χ1) is 6.52. The fourth-order valence-electron chi connectivity index (χ4n) is 1.54. The minimum Gasteiger partial charge on any atom is -0.388 e. The third kappa shape index (κ3) is 4.86. The third-order valence-corrected chi connectivity index (χ3v) is 3.33. The average molecular weight is 217 g/mol. The van der Waals surface area contributed by atoms with Gasteiger partial charge < -0.3 is 5.73 Å². The third-order valence-electron chi connectivity index (χ3n) is 2.62. The van der Waals surface area contributed by atoms with Crippen LogP contribution in [0.5, 0.6) is 0 Å². The zero-order chi connectivity index (χ0) is 11.1. The lowest BCUT2D eigenvalue weighted by atomic mass is 10.1. The highest BCUT2D eigenvalue weighted by Crippen LogP contribution is 2.12. The molecule has 0 heterocycles. The van der Waals surface area contributed by atoms with E-state index >= 15 is 0 Å². The summed E-state index contributed by atoms with van der Waals surface area (Å²) in [5.74, 6) is 1.43. The summed E-state index contributed by atoms with van der Waals surface area (Å²) in [4.78, 5) is 2.33. The van der Waals surface area contributed by atoms with Crippen LogP contribution < -0.4 is 5.73 Å². The number of rotatable bonds is 7. The van der Waals surface area contributed by atoms with Gasteiger partial charge in [0.2, 0.25) is 0 Å². The van der Waals surface area contributed by atoms with Crippen LogP contribution in [0.1, 0.15) is 26.7 Å². The Morgan fingerprint density at radius 2 is 2.14 bits per heavy atom. The van der Waals surface area contributed by atoms with Crippen LogP contribution in [0.15, 0.2) is 0 Å². The number of nitrogens with zero attached hydrogens (tertiary/aromatic N) is 1. The van der Waals surface area contributed by atoms with E-state index in [-0.39, 0.29) is 5.84 Å². The molecule has 14 heavy (non-hydrogen) atoms. The molecule has 0 aromatic rings. The van der Waals surface area contributed by atoms with Crippen molar-refractivity contribution in [2.45, 2.75) is 38.8 Å². The van der Waals surface area contributed by atoms with E-state index in [9.17, 15) is 0 Å². The molecule has 0 bridgehead atoms. The Morgan fingerprint density at radius 3 is 2.50 bits per heavy atom. The van der Waals surface area contributed by atoms with E-state index < -0.39 is 0 Å². The van der Waals surface area contributed by atoms with Crippen molar-refractivity contribution in [2.75, 3.05) is 19.1 Å². The first-order valence-electron chi connectivity index (χ1n) is 5.06. The number of thioether (sulfide) groups is 1. The van der Waals surface area contributed by atoms with Gasteiger partial charge >= 0.3 is 0 Å². The van der Waals surface area contributed by atoms with Crippen molar-refractivity contribution >= 4 is 17.6 Å². The van der Waals surface area contributed by atoms with Gasteiger partial charge in [-0.1, -0.05) is 6.92 Å². The Morgan fingerprint density at radius 1 is 1.57 bits per heavy atom. The van der Waals surface area contributed by atoms with Crippen LogP contribution in [-0.2, 0) is 0 Å². The Hall–Kier alpha value is -0.220. The Bertz CT molecular complexity index is 173. The molecule has 0 aromatic carbocycles. The molecule has 2 unspecified atom stereocenters. The van der Waals surface area contributed by atoms with Gasteiger partial charge in [-0.15, -0.1) is 0 Å². The van der Waals surface area contributed by atoms with Crippen LogP contribution in [0.2, 0.25) is 0 Å². The Kier molecular flexibility index (Phi) is 7.01. The molecule has 0 fully saturated rings. The molecule has 0 saturated heterocycles. The van der Waals surface area contributed by atoms with Gasteiger partial charge in [0.15, 0.2) is 0 Å². The van der Waals surface area contributed by atoms with Gasteiger partial charge in [-0.05, 0) is 26.6 Å². The van der Waals surface area contributed by atoms with E-state index in [2.05, 4.69) is 32.1 Å². The van der Waals surface area contributed by atoms with Crippen LogP contribution in [0.25, 0.3) is 0 Å². The second-order valence-corrected chi connectivity index (χ2v) is 4.67. The first-order valence-corrected chi connectivity index (χ1v) is 6.46. The summed E-state index contributed by atoms with van der Waals surface area (Å²) < 4.78 is 0. The van der Waals surface area contributed by atoms with Gasteiger partial charge in [-0.3, -0.25) is 10.3 Å². The minimum absolute atomic E-state index is 0.281. The summed E-state index contributed by atoms with van der Waals surface area (Å²) in [5.41, 5.74) is 5.40. The van der Waals surface area contributed by atoms with Crippen LogP contribution in [0, 0.1) is 5.41 Å². The highest BCUT2D eigenvalue weighted by molar-refractivity contribution is 7.98. The quantitative estimate of drug-likeness (QED) is 0.505. The molecule has 0 aromatic heterocycles. The molecule has 84 valence electrons. The lowest BCUT2D eigenvalue weighted by Gasteiger charge is -2.32. The molecule has 2 atom stereocenters. The predicted molar refractivity (Wildman–Crippen MR) is 66.2 cm³/mol. The number of hydrogen-bond acceptors (Lipinski definition) is 3. The van der Waals surface area contributed by atoms with Crippen LogP contribution in [-0.4, -0.2) is 41.9 Å². The zero-order valence-electron chi connectivity index (χ0n) is 9.71. The van der Waals surface area contributed by atoms with Crippen LogP contribution >= 0.6 is 11.8 Å². The van der Waals surface area contributed by atoms with Crippen molar-refractivity contribution in [2.24, 2.45) is 5.73 Å². The molecule has 0 spiro atoms. The fourth-order valence-corrected chi connectivity index (χ4v) is 2.39. The van der Waals surface area contributed by atoms with Gasteiger partial charge in [0.25, 0.3) is 0 Å². The molecule has 0 aliphatic carbocycles. The second-order valence-electron chi connectivity index (χ2n) is 3.76. The maximum atomic E-state index is 7.26. The normalized spacial score (nSPS) is 15.5. The van der Waals surface area contributed by atoms with Gasteiger partial charge in [0.1, 0.15) is 0 Å². The minimum atomic E-state index is 0.281. The van der Waals surface area contributed by atoms with Crippen molar-refractivity contribution in [3.8, 4) is 0 Å². The SMILES string of the molecule is CCC(CSC)N(C)C(C)CC(=N)N. The molecule has 3 N–H and O–H groups in total. The summed E-state index contributed by atoms with van der Waals surface area (Å²) in [5, 5.41) is 7.26. The number of nitrogens with two attached hydrogens (primary N) is 1. The van der Waals surface area contributed by atoms with E-state index in [1.54, 1.807) is 0 Å². The molecule has 0 saturated carbocycles. The van der Waals surface area contributed by atoms with Gasteiger partial charge in [-0.25, -0.2) is 0 Å². The molecule has 3 nitrogen and oxygen atoms in total. The summed E-state index contributed by atoms with van der Waals surface area (Å²) in [7, 11) is 2.12. The van der Waals surface area contributed by atoms with E-state index in [0.717, 1.165) is 12.2 Å². The summed E-state index contributed by atoms with van der Waals surface area (Å²) in [6, 6.07) is 0.962. The van der Waals surface area contributed by atoms with Crippen molar-refractivity contribution in [1.29, 1.82) is 5.41 Å². The first kappa shape index (κ1) is 13.8. The Labute approximate surface area is 91.9 Å². The molecule has 4 heteroatoms. The average Bonchev–Trinajstić information content (AvgIpc) is 2.12. The smallest absolute Gasteiger partial charge is 0.0920 e. The fraction of sp³-hybridized carbons (Fsp3) is 0.900. The lowest BCUT2D eigenvalue weighted by Crippen LogP contribution is -2.41. The monoisotopic (exact) mass is 217 g/mol. The van der Waals surface area contributed by atoms with Crippen LogP contribution in [0.4, 0.5) is 0 Å². The van der Waals surface area contributed by atoms with E-state index in [0.29, 0.717) is 18.5 Å². The molecular weight excluding hydrogens is 194 g/mol. The zero-order valence-corrected chi connectivity index (χ0v) is 10.5. The highest BCUT2D eigenvalue weighted by Gasteiger charge is 2.18. The molecule has 0 amide bonds. The maximum absolute atomic E-state index is 7.26. The molecule has 0 aliphatic heterocycles. The molecule has 0 aliphatic rings. The summed E-state index contributed by atoms with van der Waals surface area (Å²) in [6.07, 6.45) is 3.95. The second kappa shape index (κ2) is 7.12. The van der Waals surface area contributed by atoms with Crippen LogP contribution in [0.3, 0.4) is 0 Å². The molecule has 0 rings (SSSR count). The summed E-state index contributed by atoms with van der Waals surface area (Å²) >= 11 is 1.87. The van der Waals surface area contributed by atoms with Gasteiger partial charge in [-0.2, -0.15) is 11.8 Å². The van der Waals surface area contributed by atoms with Crippen molar-refractivity contribution in [3.05, 3.63) is 0 Å². The summed E-state index contributed by atoms with van der Waals surface area (Å²) in [6.45, 7) is 4.34. The topological polar surface area (TPSA) is 53.1 Å². The van der Waals surface area contributed by atoms with Gasteiger partial charge in [0, 0.05) is 24.3 Å². The maximum Gasteiger partial charge on any atom is 0.0920 e. The molecule has 0 radical (unpaired) electrons. The van der Waals surface area contributed by atoms with E-state index in [4.69, 9.17) is 11.1 Å². The van der Waals surface area contributed by atoms with Crippen molar-refractivity contribution in [3.63, 3.8) is 0 Å². The number of nitrogens with one attached hydrogen (secondary N) is 1. The molecular formula is C10H23N3S. The Balaban J connectivity index is 4.11. The van der Waals surface area contributed by atoms with Crippen molar-refractivity contribution in [1.82, 2.24) is 4.90 Å². The van der Waals surface area contributed by atoms with E-state index in [1.807, 2.05) is 11.8 Å². The number of hydrogen-bond donors (Lipinski definition) is 2. The number of amidine groups is 1. The van der Waals surface area contributed by atoms with Gasteiger partial charge in [0.05, 0.1) is 5.84 Å². The standard InChI is InChI=1S/C10H23N3S/c1-5-9(7-14-4)13(3)8(2)6-10(11)12/h8-9H,5-7H2,1-4H3,(H3,11,12).